The topological polar surface area (TPSA) is 41.6 Å². The average molecular weight is 305 g/mol. The van der Waals surface area contributed by atoms with Crippen LogP contribution >= 0.6 is 12.4 Å². The van der Waals surface area contributed by atoms with E-state index in [1.165, 1.54) is 6.42 Å². The van der Waals surface area contributed by atoms with Gasteiger partial charge >= 0.3 is 0 Å². The van der Waals surface area contributed by atoms with Crippen LogP contribution in [0.15, 0.2) is 0 Å². The van der Waals surface area contributed by atoms with Gasteiger partial charge in [0.15, 0.2) is 0 Å². The van der Waals surface area contributed by atoms with Crippen LogP contribution in [0.1, 0.15) is 46.0 Å². The lowest BCUT2D eigenvalue weighted by Crippen LogP contribution is -2.35. The van der Waals surface area contributed by atoms with E-state index >= 15 is 0 Å². The van der Waals surface area contributed by atoms with Crippen molar-refractivity contribution in [3.8, 4) is 0 Å². The lowest BCUT2D eigenvalue weighted by atomic mass is 10.1. The number of nitrogens with zero attached hydrogens (tertiary/aromatic N) is 1. The molecular weight excluding hydrogens is 276 g/mol. The summed E-state index contributed by atoms with van der Waals surface area (Å²) in [5, 5.41) is 3.39. The molecule has 1 amide bonds. The molecule has 0 bridgehead atoms. The number of carbonyl (C=O) groups excluding carboxylic acids is 1. The van der Waals surface area contributed by atoms with Gasteiger partial charge in [-0.15, -0.1) is 12.4 Å². The third kappa shape index (κ3) is 5.58. The van der Waals surface area contributed by atoms with Crippen molar-refractivity contribution in [2.24, 2.45) is 5.92 Å². The zero-order valence-corrected chi connectivity index (χ0v) is 13.6. The molecule has 118 valence electrons. The van der Waals surface area contributed by atoms with Gasteiger partial charge in [-0.1, -0.05) is 13.8 Å². The maximum absolute atomic E-state index is 12.2. The van der Waals surface area contributed by atoms with Crippen molar-refractivity contribution in [2.45, 2.75) is 58.1 Å². The molecule has 4 nitrogen and oxygen atoms in total. The monoisotopic (exact) mass is 304 g/mol. The van der Waals surface area contributed by atoms with Crippen LogP contribution in [0.4, 0.5) is 0 Å². The van der Waals surface area contributed by atoms with Crippen LogP contribution in [0.5, 0.6) is 0 Å². The molecule has 0 aliphatic carbocycles. The maximum Gasteiger partial charge on any atom is 0.224 e. The van der Waals surface area contributed by atoms with Crippen molar-refractivity contribution < 1.29 is 9.53 Å². The number of carbonyl (C=O) groups is 1. The molecule has 2 aliphatic rings. The number of hydrogen-bond donors (Lipinski definition) is 1. The van der Waals surface area contributed by atoms with Crippen LogP contribution in [0.3, 0.4) is 0 Å². The minimum absolute atomic E-state index is 0. The first kappa shape index (κ1) is 17.7. The third-order valence-corrected chi connectivity index (χ3v) is 4.13. The van der Waals surface area contributed by atoms with Crippen LogP contribution < -0.4 is 5.32 Å². The van der Waals surface area contributed by atoms with Gasteiger partial charge in [-0.2, -0.15) is 0 Å². The van der Waals surface area contributed by atoms with Crippen molar-refractivity contribution in [1.29, 1.82) is 0 Å². The van der Waals surface area contributed by atoms with Crippen molar-refractivity contribution in [1.82, 2.24) is 10.2 Å². The summed E-state index contributed by atoms with van der Waals surface area (Å²) in [6.45, 7) is 7.99. The molecule has 2 atom stereocenters. The number of rotatable bonds is 6. The van der Waals surface area contributed by atoms with Crippen molar-refractivity contribution in [2.75, 3.05) is 26.2 Å². The summed E-state index contributed by atoms with van der Waals surface area (Å²) >= 11 is 0. The lowest BCUT2D eigenvalue weighted by Gasteiger charge is -2.19. The summed E-state index contributed by atoms with van der Waals surface area (Å²) in [6, 6.07) is 0.411. The smallest absolute Gasteiger partial charge is 0.224 e. The number of halogens is 1. The second-order valence-corrected chi connectivity index (χ2v) is 6.30. The Morgan fingerprint density at radius 1 is 1.40 bits per heavy atom. The van der Waals surface area contributed by atoms with E-state index in [2.05, 4.69) is 19.2 Å². The summed E-state index contributed by atoms with van der Waals surface area (Å²) in [7, 11) is 0. The second-order valence-electron chi connectivity index (χ2n) is 6.30. The Kier molecular flexibility index (Phi) is 7.85. The molecule has 0 aromatic carbocycles. The highest BCUT2D eigenvalue weighted by atomic mass is 35.5. The number of ether oxygens (including phenoxy) is 1. The fourth-order valence-electron chi connectivity index (χ4n) is 2.83. The summed E-state index contributed by atoms with van der Waals surface area (Å²) in [6.07, 6.45) is 5.39. The molecule has 2 saturated heterocycles. The lowest BCUT2D eigenvalue weighted by molar-refractivity contribution is -0.131. The molecule has 2 unspecified atom stereocenters. The van der Waals surface area contributed by atoms with E-state index in [9.17, 15) is 4.79 Å². The third-order valence-electron chi connectivity index (χ3n) is 4.13. The first-order valence-corrected chi connectivity index (χ1v) is 7.78. The van der Waals surface area contributed by atoms with E-state index in [-0.39, 0.29) is 18.5 Å². The van der Waals surface area contributed by atoms with Gasteiger partial charge in [0.2, 0.25) is 5.91 Å². The van der Waals surface area contributed by atoms with E-state index in [4.69, 9.17) is 4.74 Å². The van der Waals surface area contributed by atoms with Gasteiger partial charge in [0.25, 0.3) is 0 Å². The highest BCUT2D eigenvalue weighted by Gasteiger charge is 2.28. The molecular formula is C15H29ClN2O2. The standard InChI is InChI=1S/C15H28N2O2.ClH/c1-12(2)6-9-19-14-5-8-17(11-14)15(18)10-13-4-3-7-16-13;/h12-14,16H,3-11H2,1-2H3;1H. The van der Waals surface area contributed by atoms with Crippen LogP contribution in [-0.4, -0.2) is 49.2 Å². The molecule has 0 aromatic heterocycles. The van der Waals surface area contributed by atoms with Crippen LogP contribution in [0.25, 0.3) is 0 Å². The van der Waals surface area contributed by atoms with Crippen LogP contribution in [0.2, 0.25) is 0 Å². The van der Waals surface area contributed by atoms with Crippen molar-refractivity contribution in [3.05, 3.63) is 0 Å². The van der Waals surface area contributed by atoms with Crippen molar-refractivity contribution >= 4 is 18.3 Å². The predicted octanol–water partition coefficient (Wildman–Crippen LogP) is 2.21. The first-order chi connectivity index (χ1) is 9.15. The van der Waals surface area contributed by atoms with Gasteiger partial charge in [0.1, 0.15) is 0 Å². The normalized spacial score (nSPS) is 26.1. The van der Waals surface area contributed by atoms with Gasteiger partial charge in [-0.3, -0.25) is 4.79 Å². The first-order valence-electron chi connectivity index (χ1n) is 7.78. The minimum Gasteiger partial charge on any atom is -0.376 e. The second kappa shape index (κ2) is 8.85. The molecule has 2 fully saturated rings. The van der Waals surface area contributed by atoms with Gasteiger partial charge in [0.05, 0.1) is 6.10 Å². The molecule has 0 saturated carbocycles. The fourth-order valence-corrected chi connectivity index (χ4v) is 2.83. The summed E-state index contributed by atoms with van der Waals surface area (Å²) in [4.78, 5) is 14.1. The number of likely N-dealkylation sites (tertiary alicyclic amines) is 1. The number of hydrogen-bond acceptors (Lipinski definition) is 3. The Morgan fingerprint density at radius 3 is 2.85 bits per heavy atom. The molecule has 1 N–H and O–H groups in total. The SMILES string of the molecule is CC(C)CCOC1CCN(C(=O)CC2CCCN2)C1.Cl. The minimum atomic E-state index is 0. The zero-order valence-electron chi connectivity index (χ0n) is 12.8. The van der Waals surface area contributed by atoms with Gasteiger partial charge in [-0.25, -0.2) is 0 Å². The quantitative estimate of drug-likeness (QED) is 0.818. The molecule has 5 heteroatoms. The summed E-state index contributed by atoms with van der Waals surface area (Å²) in [5.74, 6) is 0.988. The van der Waals surface area contributed by atoms with E-state index in [0.29, 0.717) is 24.3 Å². The van der Waals surface area contributed by atoms with Gasteiger partial charge in [-0.05, 0) is 38.1 Å². The summed E-state index contributed by atoms with van der Waals surface area (Å²) in [5.41, 5.74) is 0. The fraction of sp³-hybridized carbons (Fsp3) is 0.933. The van der Waals surface area contributed by atoms with Crippen LogP contribution in [-0.2, 0) is 9.53 Å². The highest BCUT2D eigenvalue weighted by Crippen LogP contribution is 2.17. The number of amides is 1. The molecule has 0 spiro atoms. The zero-order chi connectivity index (χ0) is 13.7. The Bertz CT molecular complexity index is 294. The Balaban J connectivity index is 0.00000200. The Hall–Kier alpha value is -0.320. The maximum atomic E-state index is 12.2. The van der Waals surface area contributed by atoms with E-state index in [1.807, 2.05) is 4.90 Å². The largest absolute Gasteiger partial charge is 0.376 e. The molecule has 2 heterocycles. The predicted molar refractivity (Wildman–Crippen MR) is 83.3 cm³/mol. The Morgan fingerprint density at radius 2 is 2.20 bits per heavy atom. The van der Waals surface area contributed by atoms with E-state index in [1.54, 1.807) is 0 Å². The van der Waals surface area contributed by atoms with Crippen molar-refractivity contribution in [3.63, 3.8) is 0 Å². The summed E-state index contributed by atoms with van der Waals surface area (Å²) < 4.78 is 5.85. The molecule has 0 aromatic rings. The van der Waals surface area contributed by atoms with Gasteiger partial charge < -0.3 is 15.0 Å². The molecule has 0 radical (unpaired) electrons. The van der Waals surface area contributed by atoms with Gasteiger partial charge in [0, 0.05) is 32.2 Å². The Labute approximate surface area is 129 Å². The van der Waals surface area contributed by atoms with Crippen LogP contribution in [0, 0.1) is 5.92 Å². The number of nitrogens with one attached hydrogen (secondary N) is 1. The molecule has 2 aliphatic heterocycles. The molecule has 20 heavy (non-hydrogen) atoms. The van der Waals surface area contributed by atoms with E-state index < -0.39 is 0 Å². The van der Waals surface area contributed by atoms with E-state index in [0.717, 1.165) is 45.5 Å². The molecule has 2 rings (SSSR count). The highest BCUT2D eigenvalue weighted by molar-refractivity contribution is 5.85. The average Bonchev–Trinajstić information content (AvgIpc) is 2.99.